The average Bonchev–Trinajstić information content (AvgIpc) is 2.47. The smallest absolute Gasteiger partial charge is 0.158 e. The monoisotopic (exact) mass is 280 g/mol. The second-order valence-electron chi connectivity index (χ2n) is 5.09. The van der Waals surface area contributed by atoms with Gasteiger partial charge in [0, 0.05) is 25.8 Å². The summed E-state index contributed by atoms with van der Waals surface area (Å²) in [5.41, 5.74) is 0. The highest BCUT2D eigenvalue weighted by atomic mass is 16.5. The van der Waals surface area contributed by atoms with Crippen molar-refractivity contribution in [1.82, 2.24) is 9.97 Å². The molecule has 6 heteroatoms. The molecule has 1 aromatic rings. The number of aliphatic hydroxyl groups is 1. The van der Waals surface area contributed by atoms with Crippen LogP contribution in [0.5, 0.6) is 0 Å². The Labute approximate surface area is 120 Å². The van der Waals surface area contributed by atoms with Crippen molar-refractivity contribution >= 4 is 11.6 Å². The number of nitrogens with one attached hydrogen (secondary N) is 2. The van der Waals surface area contributed by atoms with Crippen LogP contribution in [-0.4, -0.2) is 40.9 Å². The minimum atomic E-state index is -0.139. The van der Waals surface area contributed by atoms with Crippen molar-refractivity contribution in [3.05, 3.63) is 11.9 Å². The summed E-state index contributed by atoms with van der Waals surface area (Å²) in [4.78, 5) is 8.85. The third-order valence-corrected chi connectivity index (χ3v) is 3.51. The van der Waals surface area contributed by atoms with Crippen molar-refractivity contribution in [2.75, 3.05) is 24.3 Å². The highest BCUT2D eigenvalue weighted by molar-refractivity contribution is 5.47. The van der Waals surface area contributed by atoms with Crippen molar-refractivity contribution in [2.24, 2.45) is 0 Å². The summed E-state index contributed by atoms with van der Waals surface area (Å²) >= 11 is 0. The molecule has 6 nitrogen and oxygen atoms in total. The van der Waals surface area contributed by atoms with Crippen LogP contribution in [0.1, 0.15) is 38.4 Å². The molecular formula is C14H24N4O2. The molecule has 3 N–H and O–H groups in total. The first kappa shape index (κ1) is 15.0. The Morgan fingerprint density at radius 3 is 2.60 bits per heavy atom. The molecule has 112 valence electrons. The van der Waals surface area contributed by atoms with Gasteiger partial charge in [0.25, 0.3) is 0 Å². The van der Waals surface area contributed by atoms with Gasteiger partial charge in [-0.1, -0.05) is 0 Å². The Balaban J connectivity index is 2.02. The van der Waals surface area contributed by atoms with E-state index >= 15 is 0 Å². The maximum Gasteiger partial charge on any atom is 0.158 e. The van der Waals surface area contributed by atoms with E-state index in [1.165, 1.54) is 0 Å². The molecule has 2 rings (SSSR count). The van der Waals surface area contributed by atoms with Gasteiger partial charge in [-0.25, -0.2) is 9.97 Å². The van der Waals surface area contributed by atoms with Crippen molar-refractivity contribution in [1.29, 1.82) is 0 Å². The van der Waals surface area contributed by atoms with Gasteiger partial charge in [-0.2, -0.15) is 0 Å². The predicted octanol–water partition coefficient (Wildman–Crippen LogP) is 1.77. The van der Waals surface area contributed by atoms with Crippen LogP contribution in [-0.2, 0) is 11.3 Å². The fraction of sp³-hybridized carbons (Fsp3) is 0.714. The van der Waals surface area contributed by atoms with Gasteiger partial charge in [0.05, 0.1) is 6.10 Å². The normalized spacial score (nSPS) is 22.6. The molecule has 1 aliphatic rings. The van der Waals surface area contributed by atoms with Crippen molar-refractivity contribution in [3.63, 3.8) is 0 Å². The van der Waals surface area contributed by atoms with Gasteiger partial charge < -0.3 is 20.5 Å². The molecule has 0 bridgehead atoms. The first-order valence-corrected chi connectivity index (χ1v) is 7.29. The zero-order valence-corrected chi connectivity index (χ0v) is 12.2. The highest BCUT2D eigenvalue weighted by Gasteiger charge is 2.19. The first-order valence-electron chi connectivity index (χ1n) is 7.29. The molecule has 0 radical (unpaired) electrons. The second kappa shape index (κ2) is 7.40. The maximum absolute atomic E-state index is 9.54. The molecular weight excluding hydrogens is 256 g/mol. The number of aromatic nitrogens is 2. The number of nitrogens with zero attached hydrogens (tertiary/aromatic N) is 2. The molecule has 0 aliphatic heterocycles. The van der Waals surface area contributed by atoms with Gasteiger partial charge in [0.2, 0.25) is 0 Å². The molecule has 1 aliphatic carbocycles. The molecule has 1 fully saturated rings. The van der Waals surface area contributed by atoms with Gasteiger partial charge in [-0.05, 0) is 32.6 Å². The molecule has 1 saturated carbocycles. The number of ether oxygens (including phenoxy) is 1. The lowest BCUT2D eigenvalue weighted by Gasteiger charge is -2.26. The minimum absolute atomic E-state index is 0.139. The summed E-state index contributed by atoms with van der Waals surface area (Å²) in [5, 5.41) is 16.0. The Morgan fingerprint density at radius 2 is 1.95 bits per heavy atom. The number of hydrogen-bond donors (Lipinski definition) is 3. The van der Waals surface area contributed by atoms with Crippen molar-refractivity contribution in [3.8, 4) is 0 Å². The van der Waals surface area contributed by atoms with E-state index in [-0.39, 0.29) is 6.10 Å². The van der Waals surface area contributed by atoms with Crippen LogP contribution in [0.15, 0.2) is 6.07 Å². The third-order valence-electron chi connectivity index (χ3n) is 3.51. The molecule has 1 heterocycles. The van der Waals surface area contributed by atoms with E-state index in [4.69, 9.17) is 4.74 Å². The highest BCUT2D eigenvalue weighted by Crippen LogP contribution is 2.22. The van der Waals surface area contributed by atoms with E-state index in [0.29, 0.717) is 25.1 Å². The summed E-state index contributed by atoms with van der Waals surface area (Å²) in [5.74, 6) is 2.28. The number of anilines is 2. The predicted molar refractivity (Wildman–Crippen MR) is 78.8 cm³/mol. The Kier molecular flexibility index (Phi) is 5.55. The van der Waals surface area contributed by atoms with Crippen LogP contribution >= 0.6 is 0 Å². The lowest BCUT2D eigenvalue weighted by Crippen LogP contribution is -2.28. The lowest BCUT2D eigenvalue weighted by molar-refractivity contribution is 0.125. The zero-order chi connectivity index (χ0) is 14.4. The summed E-state index contributed by atoms with van der Waals surface area (Å²) < 4.78 is 5.36. The molecule has 0 aromatic carbocycles. The van der Waals surface area contributed by atoms with Gasteiger partial charge in [0.1, 0.15) is 18.2 Å². The molecule has 0 amide bonds. The SMILES string of the molecule is CCOCc1nc(NC)cc(NC2CCC(O)CC2)n1. The Bertz CT molecular complexity index is 420. The van der Waals surface area contributed by atoms with Crippen molar-refractivity contribution in [2.45, 2.75) is 51.4 Å². The summed E-state index contributed by atoms with van der Waals surface area (Å²) in [6, 6.07) is 2.28. The molecule has 20 heavy (non-hydrogen) atoms. The van der Waals surface area contributed by atoms with Crippen LogP contribution in [0.25, 0.3) is 0 Å². The molecule has 0 unspecified atom stereocenters. The van der Waals surface area contributed by atoms with E-state index in [2.05, 4.69) is 20.6 Å². The summed E-state index contributed by atoms with van der Waals surface area (Å²) in [6.07, 6.45) is 3.52. The quantitative estimate of drug-likeness (QED) is 0.737. The molecule has 0 saturated heterocycles. The van der Waals surface area contributed by atoms with Gasteiger partial charge in [-0.15, -0.1) is 0 Å². The second-order valence-corrected chi connectivity index (χ2v) is 5.09. The lowest BCUT2D eigenvalue weighted by atomic mass is 9.93. The van der Waals surface area contributed by atoms with Crippen LogP contribution in [0, 0.1) is 0 Å². The largest absolute Gasteiger partial charge is 0.393 e. The Morgan fingerprint density at radius 1 is 1.25 bits per heavy atom. The number of aliphatic hydroxyl groups excluding tert-OH is 1. The fourth-order valence-electron chi connectivity index (χ4n) is 2.39. The van der Waals surface area contributed by atoms with E-state index in [1.54, 1.807) is 0 Å². The topological polar surface area (TPSA) is 79.3 Å². The van der Waals surface area contributed by atoms with Gasteiger partial charge in [0.15, 0.2) is 5.82 Å². The number of rotatable bonds is 6. The van der Waals surface area contributed by atoms with Gasteiger partial charge >= 0.3 is 0 Å². The minimum Gasteiger partial charge on any atom is -0.393 e. The average molecular weight is 280 g/mol. The van der Waals surface area contributed by atoms with Crippen LogP contribution < -0.4 is 10.6 Å². The Hall–Kier alpha value is -1.40. The van der Waals surface area contributed by atoms with E-state index in [0.717, 1.165) is 37.3 Å². The van der Waals surface area contributed by atoms with Crippen LogP contribution in [0.2, 0.25) is 0 Å². The summed E-state index contributed by atoms with van der Waals surface area (Å²) in [7, 11) is 1.84. The van der Waals surface area contributed by atoms with E-state index < -0.39 is 0 Å². The van der Waals surface area contributed by atoms with E-state index in [1.807, 2.05) is 20.0 Å². The van der Waals surface area contributed by atoms with Gasteiger partial charge in [-0.3, -0.25) is 0 Å². The molecule has 0 spiro atoms. The van der Waals surface area contributed by atoms with E-state index in [9.17, 15) is 5.11 Å². The first-order chi connectivity index (χ1) is 9.71. The van der Waals surface area contributed by atoms with Crippen LogP contribution in [0.3, 0.4) is 0 Å². The maximum atomic E-state index is 9.54. The number of hydrogen-bond acceptors (Lipinski definition) is 6. The zero-order valence-electron chi connectivity index (χ0n) is 12.2. The van der Waals surface area contributed by atoms with Crippen molar-refractivity contribution < 1.29 is 9.84 Å². The fourth-order valence-corrected chi connectivity index (χ4v) is 2.39. The summed E-state index contributed by atoms with van der Waals surface area (Å²) in [6.45, 7) is 3.02. The standard InChI is InChI=1S/C14H24N4O2/c1-3-20-9-14-17-12(15-2)8-13(18-14)16-10-4-6-11(19)7-5-10/h8,10-11,19H,3-7,9H2,1-2H3,(H2,15,16,17,18). The molecule has 1 aromatic heterocycles. The molecule has 0 atom stereocenters. The third kappa shape index (κ3) is 4.31. The van der Waals surface area contributed by atoms with Crippen LogP contribution in [0.4, 0.5) is 11.6 Å².